The molecule has 0 spiro atoms. The van der Waals surface area contributed by atoms with Crippen LogP contribution in [-0.4, -0.2) is 25.7 Å². The molecule has 0 radical (unpaired) electrons. The number of pyridine rings is 1. The van der Waals surface area contributed by atoms with Crippen molar-refractivity contribution < 1.29 is 9.90 Å². The molecule has 2 aromatic carbocycles. The van der Waals surface area contributed by atoms with Crippen LogP contribution in [0.25, 0.3) is 5.69 Å². The van der Waals surface area contributed by atoms with E-state index < -0.39 is 5.97 Å². The summed E-state index contributed by atoms with van der Waals surface area (Å²) in [6.07, 6.45) is 1.79. The SMILES string of the molecule is Cc1cc(C2C(c3ccccn3)NC(=S)N2c2ccccc2)c(C)n1-c1ccccc1C(=O)O. The lowest BCUT2D eigenvalue weighted by atomic mass is 9.96. The second-order valence-corrected chi connectivity index (χ2v) is 8.70. The lowest BCUT2D eigenvalue weighted by Gasteiger charge is -2.28. The number of hydrogen-bond donors (Lipinski definition) is 2. The summed E-state index contributed by atoms with van der Waals surface area (Å²) < 4.78 is 2.01. The molecule has 3 heterocycles. The molecule has 0 saturated carbocycles. The summed E-state index contributed by atoms with van der Waals surface area (Å²) in [5, 5.41) is 13.9. The Bertz CT molecular complexity index is 1370. The van der Waals surface area contributed by atoms with Gasteiger partial charge in [0, 0.05) is 23.3 Å². The van der Waals surface area contributed by atoms with Gasteiger partial charge in [-0.1, -0.05) is 36.4 Å². The number of carboxylic acids is 1. The number of rotatable bonds is 5. The van der Waals surface area contributed by atoms with Crippen molar-refractivity contribution in [1.29, 1.82) is 0 Å². The number of hydrogen-bond acceptors (Lipinski definition) is 3. The molecule has 7 heteroatoms. The van der Waals surface area contributed by atoms with E-state index in [1.165, 1.54) is 0 Å². The molecule has 0 aliphatic carbocycles. The van der Waals surface area contributed by atoms with E-state index in [1.54, 1.807) is 18.3 Å². The van der Waals surface area contributed by atoms with Gasteiger partial charge in [-0.05, 0) is 74.1 Å². The van der Waals surface area contributed by atoms with Crippen LogP contribution >= 0.6 is 12.2 Å². The third-order valence-electron chi connectivity index (χ3n) is 6.30. The number of benzene rings is 2. The van der Waals surface area contributed by atoms with E-state index in [4.69, 9.17) is 12.2 Å². The Morgan fingerprint density at radius 1 is 1.00 bits per heavy atom. The van der Waals surface area contributed by atoms with Gasteiger partial charge in [0.1, 0.15) is 0 Å². The van der Waals surface area contributed by atoms with Gasteiger partial charge in [0.25, 0.3) is 0 Å². The first kappa shape index (κ1) is 21.9. The summed E-state index contributed by atoms with van der Waals surface area (Å²) >= 11 is 5.81. The highest BCUT2D eigenvalue weighted by Crippen LogP contribution is 2.43. The van der Waals surface area contributed by atoms with Gasteiger partial charge in [-0.15, -0.1) is 0 Å². The summed E-state index contributed by atoms with van der Waals surface area (Å²) in [6.45, 7) is 4.03. The molecule has 1 fully saturated rings. The van der Waals surface area contributed by atoms with Crippen LogP contribution in [-0.2, 0) is 0 Å². The Kier molecular flexibility index (Phi) is 5.63. The predicted molar refractivity (Wildman–Crippen MR) is 137 cm³/mol. The number of aryl methyl sites for hydroxylation is 1. The molecular weight excluding hydrogens is 444 g/mol. The number of carbonyl (C=O) groups is 1. The number of carboxylic acid groups (broad SMARTS) is 1. The van der Waals surface area contributed by atoms with Crippen LogP contribution in [0.4, 0.5) is 5.69 Å². The summed E-state index contributed by atoms with van der Waals surface area (Å²) in [6, 6.07) is 24.8. The Morgan fingerprint density at radius 2 is 1.71 bits per heavy atom. The van der Waals surface area contributed by atoms with E-state index in [2.05, 4.69) is 21.3 Å². The van der Waals surface area contributed by atoms with E-state index in [1.807, 2.05) is 79.1 Å². The molecule has 1 aliphatic rings. The van der Waals surface area contributed by atoms with Crippen LogP contribution in [0.3, 0.4) is 0 Å². The minimum atomic E-state index is -0.953. The van der Waals surface area contributed by atoms with Crippen LogP contribution in [0, 0.1) is 13.8 Å². The maximum Gasteiger partial charge on any atom is 0.337 e. The molecule has 5 rings (SSSR count). The van der Waals surface area contributed by atoms with Crippen molar-refractivity contribution >= 4 is 29.0 Å². The molecule has 2 atom stereocenters. The number of thiocarbonyl (C=S) groups is 1. The van der Waals surface area contributed by atoms with Crippen LogP contribution in [0.2, 0.25) is 0 Å². The molecule has 6 nitrogen and oxygen atoms in total. The largest absolute Gasteiger partial charge is 0.478 e. The number of anilines is 1. The molecular formula is C27H24N4O2S. The summed E-state index contributed by atoms with van der Waals surface area (Å²) in [7, 11) is 0. The van der Waals surface area contributed by atoms with Crippen molar-refractivity contribution in [3.8, 4) is 5.69 Å². The van der Waals surface area contributed by atoms with Crippen molar-refractivity contribution in [2.45, 2.75) is 25.9 Å². The Balaban J connectivity index is 1.70. The maximum atomic E-state index is 11.9. The molecule has 2 aromatic heterocycles. The van der Waals surface area contributed by atoms with Gasteiger partial charge >= 0.3 is 5.97 Å². The van der Waals surface area contributed by atoms with Crippen LogP contribution in [0.15, 0.2) is 85.1 Å². The standard InChI is InChI=1S/C27H24N4O2S/c1-17-16-21(18(2)30(17)23-14-7-6-12-20(23)26(32)33)25-24(22-13-8-9-15-28-22)29-27(34)31(25)19-10-4-3-5-11-19/h3-16,24-25H,1-2H3,(H,29,34)(H,32,33). The summed E-state index contributed by atoms with van der Waals surface area (Å²) in [4.78, 5) is 18.7. The van der Waals surface area contributed by atoms with Gasteiger partial charge in [0.2, 0.25) is 0 Å². The Morgan fingerprint density at radius 3 is 2.41 bits per heavy atom. The topological polar surface area (TPSA) is 70.4 Å². The highest BCUT2D eigenvalue weighted by atomic mass is 32.1. The van der Waals surface area contributed by atoms with Gasteiger partial charge in [0.15, 0.2) is 5.11 Å². The zero-order valence-electron chi connectivity index (χ0n) is 18.8. The first-order valence-electron chi connectivity index (χ1n) is 11.0. The van der Waals surface area contributed by atoms with Crippen LogP contribution < -0.4 is 10.2 Å². The third kappa shape index (κ3) is 3.64. The van der Waals surface area contributed by atoms with E-state index >= 15 is 0 Å². The van der Waals surface area contributed by atoms with E-state index in [-0.39, 0.29) is 17.6 Å². The fourth-order valence-corrected chi connectivity index (χ4v) is 5.19. The maximum absolute atomic E-state index is 11.9. The fourth-order valence-electron chi connectivity index (χ4n) is 4.84. The van der Waals surface area contributed by atoms with Crippen molar-refractivity contribution in [3.63, 3.8) is 0 Å². The molecule has 4 aromatic rings. The minimum absolute atomic E-state index is 0.165. The van der Waals surface area contributed by atoms with Crippen LogP contribution in [0.5, 0.6) is 0 Å². The van der Waals surface area contributed by atoms with E-state index in [0.29, 0.717) is 10.8 Å². The first-order valence-corrected chi connectivity index (χ1v) is 11.5. The van der Waals surface area contributed by atoms with Crippen molar-refractivity contribution in [2.75, 3.05) is 4.90 Å². The third-order valence-corrected chi connectivity index (χ3v) is 6.61. The van der Waals surface area contributed by atoms with Gasteiger partial charge in [-0.2, -0.15) is 0 Å². The average Bonchev–Trinajstić information content (AvgIpc) is 3.35. The van der Waals surface area contributed by atoms with Crippen molar-refractivity contribution in [1.82, 2.24) is 14.9 Å². The number of nitrogens with zero attached hydrogens (tertiary/aromatic N) is 3. The highest BCUT2D eigenvalue weighted by Gasteiger charge is 2.42. The first-order chi connectivity index (χ1) is 16.5. The lowest BCUT2D eigenvalue weighted by molar-refractivity contribution is 0.0697. The van der Waals surface area contributed by atoms with Gasteiger partial charge < -0.3 is 19.9 Å². The minimum Gasteiger partial charge on any atom is -0.478 e. The lowest BCUT2D eigenvalue weighted by Crippen LogP contribution is -2.29. The van der Waals surface area contributed by atoms with Gasteiger partial charge in [0.05, 0.1) is 29.0 Å². The normalized spacial score (nSPS) is 17.6. The molecule has 34 heavy (non-hydrogen) atoms. The number of nitrogens with one attached hydrogen (secondary N) is 1. The molecule has 0 amide bonds. The average molecular weight is 469 g/mol. The second-order valence-electron chi connectivity index (χ2n) is 8.32. The van der Waals surface area contributed by atoms with Crippen molar-refractivity contribution in [2.24, 2.45) is 0 Å². The number of aromatic nitrogens is 2. The zero-order valence-corrected chi connectivity index (χ0v) is 19.7. The zero-order chi connectivity index (χ0) is 23.8. The number of aromatic carboxylic acids is 1. The molecule has 1 saturated heterocycles. The van der Waals surface area contributed by atoms with Crippen LogP contribution in [0.1, 0.15) is 45.1 Å². The molecule has 170 valence electrons. The van der Waals surface area contributed by atoms with Gasteiger partial charge in [-0.3, -0.25) is 4.98 Å². The highest BCUT2D eigenvalue weighted by molar-refractivity contribution is 7.80. The molecule has 2 unspecified atom stereocenters. The van der Waals surface area contributed by atoms with E-state index in [9.17, 15) is 9.90 Å². The second kappa shape index (κ2) is 8.76. The summed E-state index contributed by atoms with van der Waals surface area (Å²) in [5.41, 5.74) is 5.76. The fraction of sp³-hybridized carbons (Fsp3) is 0.148. The molecule has 1 aliphatic heterocycles. The molecule has 2 N–H and O–H groups in total. The monoisotopic (exact) mass is 468 g/mol. The van der Waals surface area contributed by atoms with Crippen molar-refractivity contribution in [3.05, 3.63) is 113 Å². The number of para-hydroxylation sites is 2. The molecule has 0 bridgehead atoms. The predicted octanol–water partition coefficient (Wildman–Crippen LogP) is 5.36. The summed E-state index contributed by atoms with van der Waals surface area (Å²) in [5.74, 6) is -0.953. The van der Waals surface area contributed by atoms with E-state index in [0.717, 1.165) is 28.3 Å². The Hall–Kier alpha value is -3.97. The van der Waals surface area contributed by atoms with Gasteiger partial charge in [-0.25, -0.2) is 4.79 Å². The smallest absolute Gasteiger partial charge is 0.337 e. The Labute approximate surface area is 203 Å². The quantitative estimate of drug-likeness (QED) is 0.384.